The van der Waals surface area contributed by atoms with Gasteiger partial charge in [0.2, 0.25) is 11.6 Å². The van der Waals surface area contributed by atoms with Crippen LogP contribution in [0.2, 0.25) is 0 Å². The second kappa shape index (κ2) is 8.03. The largest absolute Gasteiger partial charge is 0.524 e. The van der Waals surface area contributed by atoms with Crippen LogP contribution in [-0.4, -0.2) is 40.7 Å². The lowest BCUT2D eigenvalue weighted by atomic mass is 9.96. The van der Waals surface area contributed by atoms with Crippen molar-refractivity contribution in [3.63, 3.8) is 0 Å². The molecule has 0 amide bonds. The molecular weight excluding hydrogens is 413 g/mol. The second-order valence-electron chi connectivity index (χ2n) is 6.44. The Balaban J connectivity index is 2.35. The van der Waals surface area contributed by atoms with Crippen LogP contribution >= 0.6 is 37.5 Å². The molecule has 3 aromatic heterocycles. The molecule has 9 nitrogen and oxygen atoms in total. The van der Waals surface area contributed by atoms with Gasteiger partial charge in [-0.05, 0) is 39.9 Å². The minimum Gasteiger partial charge on any atom is -0.346 e. The molecule has 3 aromatic rings. The van der Waals surface area contributed by atoms with Crippen LogP contribution in [0.3, 0.4) is 0 Å². The van der Waals surface area contributed by atoms with Crippen molar-refractivity contribution >= 4 is 44.6 Å². The Morgan fingerprint density at radius 1 is 0.821 bits per heavy atom. The highest BCUT2D eigenvalue weighted by Gasteiger charge is 2.35. The SMILES string of the molecule is CCn1c(C)n[n+]([B-](n2nc(C)n(CC)c2=S)[n+]2nc(C)n(CC)c2S)c1S. The van der Waals surface area contributed by atoms with Crippen LogP contribution in [0.25, 0.3) is 0 Å². The fraction of sp³-hybridized carbons (Fsp3) is 0.600. The summed E-state index contributed by atoms with van der Waals surface area (Å²) in [5.41, 5.74) is 0. The maximum absolute atomic E-state index is 5.73. The minimum absolute atomic E-state index is 0.558. The van der Waals surface area contributed by atoms with E-state index in [-0.39, 0.29) is 0 Å². The summed E-state index contributed by atoms with van der Waals surface area (Å²) in [6.45, 7) is 14.3. The highest BCUT2D eigenvalue weighted by molar-refractivity contribution is 7.80. The minimum atomic E-state index is -0.558. The number of hydrogen-bond acceptors (Lipinski definition) is 6. The van der Waals surface area contributed by atoms with E-state index in [1.54, 1.807) is 13.8 Å². The molecule has 0 N–H and O–H groups in total. The summed E-state index contributed by atoms with van der Waals surface area (Å²) >= 11 is 15.2. The molecule has 0 fully saturated rings. The van der Waals surface area contributed by atoms with E-state index in [9.17, 15) is 0 Å². The number of hydrogen-bond donors (Lipinski definition) is 2. The Morgan fingerprint density at radius 3 is 1.57 bits per heavy atom. The maximum Gasteiger partial charge on any atom is 0.524 e. The predicted octanol–water partition coefficient (Wildman–Crippen LogP) is 0.874. The smallest absolute Gasteiger partial charge is 0.346 e. The summed E-state index contributed by atoms with van der Waals surface area (Å²) in [7, 11) is -0.558. The van der Waals surface area contributed by atoms with E-state index < -0.39 is 7.12 Å². The molecule has 0 aliphatic rings. The molecule has 0 saturated carbocycles. The molecule has 0 aliphatic heterocycles. The summed E-state index contributed by atoms with van der Waals surface area (Å²) in [5, 5.41) is 15.6. The zero-order valence-corrected chi connectivity index (χ0v) is 19.6. The molecule has 0 saturated heterocycles. The lowest BCUT2D eigenvalue weighted by Crippen LogP contribution is -2.77. The van der Waals surface area contributed by atoms with Gasteiger partial charge in [-0.1, -0.05) is 35.5 Å². The number of thiol groups is 2. The lowest BCUT2D eigenvalue weighted by Gasteiger charge is -2.17. The highest BCUT2D eigenvalue weighted by Crippen LogP contribution is 2.08. The molecule has 0 aliphatic carbocycles. The van der Waals surface area contributed by atoms with Crippen molar-refractivity contribution in [3.8, 4) is 0 Å². The van der Waals surface area contributed by atoms with Crippen LogP contribution in [0.4, 0.5) is 0 Å². The van der Waals surface area contributed by atoms with Crippen LogP contribution in [0.15, 0.2) is 10.3 Å². The number of aryl methyl sites for hydroxylation is 3. The Bertz CT molecular complexity index is 1020. The van der Waals surface area contributed by atoms with Gasteiger partial charge in [0.05, 0.1) is 13.1 Å². The van der Waals surface area contributed by atoms with E-state index in [1.807, 2.05) is 41.4 Å². The van der Waals surface area contributed by atoms with E-state index in [0.29, 0.717) is 15.1 Å². The Hall–Kier alpha value is -1.60. The average molecular weight is 439 g/mol. The van der Waals surface area contributed by atoms with Gasteiger partial charge < -0.3 is 9.16 Å². The molecule has 151 valence electrons. The van der Waals surface area contributed by atoms with Gasteiger partial charge in [0.15, 0.2) is 4.77 Å². The van der Waals surface area contributed by atoms with E-state index in [0.717, 1.165) is 37.1 Å². The van der Waals surface area contributed by atoms with Crippen molar-refractivity contribution in [1.29, 1.82) is 0 Å². The third kappa shape index (κ3) is 3.22. The Kier molecular flexibility index (Phi) is 6.06. The van der Waals surface area contributed by atoms with E-state index >= 15 is 0 Å². The van der Waals surface area contributed by atoms with Crippen LogP contribution in [-0.2, 0) is 19.6 Å². The van der Waals surface area contributed by atoms with Gasteiger partial charge in [-0.3, -0.25) is 9.19 Å². The fourth-order valence-corrected chi connectivity index (χ4v) is 4.70. The molecule has 0 atom stereocenters. The van der Waals surface area contributed by atoms with Crippen LogP contribution in [0, 0.1) is 25.5 Å². The van der Waals surface area contributed by atoms with Crippen molar-refractivity contribution < 1.29 is 9.19 Å². The van der Waals surface area contributed by atoms with Gasteiger partial charge in [-0.25, -0.2) is 9.13 Å². The molecule has 28 heavy (non-hydrogen) atoms. The number of nitrogens with zero attached hydrogens (tertiary/aromatic N) is 9. The highest BCUT2D eigenvalue weighted by atomic mass is 32.1. The molecule has 0 spiro atoms. The van der Waals surface area contributed by atoms with Gasteiger partial charge in [-0.15, -0.1) is 0 Å². The van der Waals surface area contributed by atoms with Gasteiger partial charge in [0.1, 0.15) is 5.82 Å². The molecule has 1 radical (unpaired) electrons. The van der Waals surface area contributed by atoms with Gasteiger partial charge in [0, 0.05) is 20.4 Å². The average Bonchev–Trinajstić information content (AvgIpc) is 3.20. The van der Waals surface area contributed by atoms with Crippen LogP contribution in [0.5, 0.6) is 0 Å². The first-order valence-corrected chi connectivity index (χ1v) is 10.6. The van der Waals surface area contributed by atoms with E-state index in [1.165, 1.54) is 0 Å². The third-order valence-electron chi connectivity index (χ3n) is 4.85. The fourth-order valence-electron chi connectivity index (χ4n) is 3.44. The first-order chi connectivity index (χ1) is 13.3. The van der Waals surface area contributed by atoms with Crippen molar-refractivity contribution in [1.82, 2.24) is 33.6 Å². The first kappa shape index (κ1) is 21.1. The number of aromatic nitrogens is 9. The summed E-state index contributed by atoms with van der Waals surface area (Å²) in [6.07, 6.45) is 0. The zero-order valence-electron chi connectivity index (χ0n) is 17.0. The topological polar surface area (TPSA) is 66.2 Å². The van der Waals surface area contributed by atoms with E-state index in [4.69, 9.17) is 52.8 Å². The predicted molar refractivity (Wildman–Crippen MR) is 114 cm³/mol. The normalized spacial score (nSPS) is 11.8. The molecule has 0 bridgehead atoms. The van der Waals surface area contributed by atoms with Crippen molar-refractivity contribution in [3.05, 3.63) is 22.2 Å². The molecular formula is C15H26BN9S3+. The Labute approximate surface area is 181 Å². The van der Waals surface area contributed by atoms with Crippen molar-refractivity contribution in [2.24, 2.45) is 0 Å². The standard InChI is InChI=1S/C15H24BN9S3/c1-7-20-10(4)17-23(13(20)26)16(24-14(27)21(8-2)11(5)18-24)25-15(28)22(9-3)12(6)19-25/h7-9H2,1-6H3/q-1/p+2. The molecule has 3 heterocycles. The van der Waals surface area contributed by atoms with Gasteiger partial charge >= 0.3 is 7.12 Å². The molecule has 0 unspecified atom stereocenters. The molecule has 0 aromatic carbocycles. The summed E-state index contributed by atoms with van der Waals surface area (Å²) in [5.74, 6) is 2.53. The molecule has 13 heteroatoms. The quantitative estimate of drug-likeness (QED) is 0.340. The van der Waals surface area contributed by atoms with Crippen LogP contribution < -0.4 is 9.19 Å². The van der Waals surface area contributed by atoms with Crippen molar-refractivity contribution in [2.75, 3.05) is 0 Å². The lowest BCUT2D eigenvalue weighted by molar-refractivity contribution is -0.773. The molecule has 3 rings (SSSR count). The van der Waals surface area contributed by atoms with E-state index in [2.05, 4.69) is 13.8 Å². The number of rotatable bonds is 6. The summed E-state index contributed by atoms with van der Waals surface area (Å²) < 4.78 is 11.9. The monoisotopic (exact) mass is 439 g/mol. The first-order valence-electron chi connectivity index (χ1n) is 9.28. The summed E-state index contributed by atoms with van der Waals surface area (Å²) in [6, 6.07) is 0. The van der Waals surface area contributed by atoms with Gasteiger partial charge in [-0.2, -0.15) is 5.10 Å². The van der Waals surface area contributed by atoms with Gasteiger partial charge in [0.25, 0.3) is 10.3 Å². The third-order valence-corrected chi connectivity index (χ3v) is 6.15. The summed E-state index contributed by atoms with van der Waals surface area (Å²) in [4.78, 5) is 0. The second-order valence-corrected chi connectivity index (χ2v) is 7.60. The Morgan fingerprint density at radius 2 is 1.25 bits per heavy atom. The van der Waals surface area contributed by atoms with Crippen LogP contribution in [0.1, 0.15) is 38.2 Å². The van der Waals surface area contributed by atoms with Crippen molar-refractivity contribution in [2.45, 2.75) is 71.5 Å². The maximum atomic E-state index is 5.73. The zero-order chi connectivity index (χ0) is 20.7.